The van der Waals surface area contributed by atoms with Crippen molar-refractivity contribution in [2.24, 2.45) is 5.92 Å². The summed E-state index contributed by atoms with van der Waals surface area (Å²) in [6.45, 7) is 3.61. The quantitative estimate of drug-likeness (QED) is 0.504. The molecule has 7 heteroatoms. The molecule has 0 aliphatic carbocycles. The Morgan fingerprint density at radius 2 is 1.88 bits per heavy atom. The first-order chi connectivity index (χ1) is 7.20. The maximum absolute atomic E-state index is 11.1. The van der Waals surface area contributed by atoms with Gasteiger partial charge in [-0.2, -0.15) is 8.42 Å². The molecule has 0 aliphatic heterocycles. The lowest BCUT2D eigenvalue weighted by Gasteiger charge is -2.11. The van der Waals surface area contributed by atoms with Gasteiger partial charge in [0.25, 0.3) is 10.1 Å². The second-order valence-corrected chi connectivity index (χ2v) is 5.57. The Labute approximate surface area is 95.7 Å². The summed E-state index contributed by atoms with van der Waals surface area (Å²) in [5, 5.41) is 9.26. The van der Waals surface area contributed by atoms with Crippen LogP contribution in [0.1, 0.15) is 20.3 Å². The predicted octanol–water partition coefficient (Wildman–Crippen LogP) is -0.0872. The average molecular weight is 254 g/mol. The van der Waals surface area contributed by atoms with E-state index >= 15 is 0 Å². The Hall–Kier alpha value is -0.660. The first-order valence-corrected chi connectivity index (χ1v) is 6.70. The van der Waals surface area contributed by atoms with Crippen LogP contribution in [0.3, 0.4) is 0 Å². The van der Waals surface area contributed by atoms with Gasteiger partial charge in [-0.05, 0) is 5.92 Å². The van der Waals surface area contributed by atoms with Gasteiger partial charge in [-0.15, -0.1) is 0 Å². The van der Waals surface area contributed by atoms with Crippen LogP contribution in [0.2, 0.25) is 0 Å². The lowest BCUT2D eigenvalue weighted by atomic mass is 10.2. The molecular weight excluding hydrogens is 236 g/mol. The zero-order chi connectivity index (χ0) is 12.8. The molecule has 0 saturated carbocycles. The predicted molar refractivity (Wildman–Crippen MR) is 57.2 cm³/mol. The van der Waals surface area contributed by atoms with Crippen molar-refractivity contribution in [3.05, 3.63) is 0 Å². The second-order valence-electron chi connectivity index (χ2n) is 3.92. The number of esters is 1. The molecule has 0 saturated heterocycles. The molecule has 1 atom stereocenters. The molecule has 0 amide bonds. The van der Waals surface area contributed by atoms with Gasteiger partial charge in [0.05, 0.1) is 32.0 Å². The fraction of sp³-hybridized carbons (Fsp3) is 0.889. The van der Waals surface area contributed by atoms with Crippen molar-refractivity contribution in [2.45, 2.75) is 26.4 Å². The molecule has 96 valence electrons. The van der Waals surface area contributed by atoms with Gasteiger partial charge >= 0.3 is 5.97 Å². The number of aliphatic hydroxyl groups excluding tert-OH is 1. The van der Waals surface area contributed by atoms with E-state index in [1.54, 1.807) is 0 Å². The highest BCUT2D eigenvalue weighted by atomic mass is 32.2. The van der Waals surface area contributed by atoms with Crippen LogP contribution in [-0.2, 0) is 23.8 Å². The number of rotatable bonds is 7. The molecule has 1 N–H and O–H groups in total. The van der Waals surface area contributed by atoms with Gasteiger partial charge in [0.1, 0.15) is 0 Å². The van der Waals surface area contributed by atoms with Gasteiger partial charge in [-0.3, -0.25) is 8.98 Å². The highest BCUT2D eigenvalue weighted by Gasteiger charge is 2.15. The Bertz CT molecular complexity index is 308. The SMILES string of the molecule is CC(C)COC(=O)C[C@@H](O)COS(C)(=O)=O. The van der Waals surface area contributed by atoms with Crippen molar-refractivity contribution in [1.29, 1.82) is 0 Å². The summed E-state index contributed by atoms with van der Waals surface area (Å²) in [5.74, 6) is -0.355. The Morgan fingerprint density at radius 1 is 1.31 bits per heavy atom. The minimum absolute atomic E-state index is 0.216. The molecule has 0 bridgehead atoms. The van der Waals surface area contributed by atoms with Crippen molar-refractivity contribution in [3.63, 3.8) is 0 Å². The number of carbonyl (C=O) groups excluding carboxylic acids is 1. The number of aliphatic hydroxyl groups is 1. The van der Waals surface area contributed by atoms with E-state index in [0.29, 0.717) is 0 Å². The van der Waals surface area contributed by atoms with Gasteiger partial charge in [0, 0.05) is 0 Å². The molecule has 0 radical (unpaired) electrons. The van der Waals surface area contributed by atoms with Gasteiger partial charge in [0.2, 0.25) is 0 Å². The van der Waals surface area contributed by atoms with E-state index in [1.165, 1.54) is 0 Å². The maximum Gasteiger partial charge on any atom is 0.308 e. The standard InChI is InChI=1S/C9H18O6S/c1-7(2)5-14-9(11)4-8(10)6-15-16(3,12)13/h7-8,10H,4-6H2,1-3H3/t8-/m1/s1. The van der Waals surface area contributed by atoms with Crippen LogP contribution in [0.4, 0.5) is 0 Å². The second kappa shape index (κ2) is 6.82. The summed E-state index contributed by atoms with van der Waals surface area (Å²) in [6.07, 6.45) is -0.576. The summed E-state index contributed by atoms with van der Waals surface area (Å²) in [4.78, 5) is 11.1. The largest absolute Gasteiger partial charge is 0.465 e. The summed E-state index contributed by atoms with van der Waals surface area (Å²) >= 11 is 0. The van der Waals surface area contributed by atoms with E-state index in [2.05, 4.69) is 4.18 Å². The van der Waals surface area contributed by atoms with Crippen LogP contribution in [0, 0.1) is 5.92 Å². The van der Waals surface area contributed by atoms with Crippen LogP contribution < -0.4 is 0 Å². The highest BCUT2D eigenvalue weighted by Crippen LogP contribution is 2.00. The molecule has 0 spiro atoms. The Morgan fingerprint density at radius 3 is 2.31 bits per heavy atom. The minimum Gasteiger partial charge on any atom is -0.465 e. The van der Waals surface area contributed by atoms with E-state index in [0.717, 1.165) is 6.26 Å². The molecule has 0 unspecified atom stereocenters. The van der Waals surface area contributed by atoms with Crippen LogP contribution in [0.15, 0.2) is 0 Å². The third-order valence-electron chi connectivity index (χ3n) is 1.45. The van der Waals surface area contributed by atoms with Gasteiger partial charge in [-0.1, -0.05) is 13.8 Å². The highest BCUT2D eigenvalue weighted by molar-refractivity contribution is 7.85. The fourth-order valence-corrected chi connectivity index (χ4v) is 1.18. The molecule has 0 heterocycles. The van der Waals surface area contributed by atoms with Gasteiger partial charge in [-0.25, -0.2) is 0 Å². The van der Waals surface area contributed by atoms with E-state index in [1.807, 2.05) is 13.8 Å². The normalized spacial score (nSPS) is 13.8. The lowest BCUT2D eigenvalue weighted by molar-refractivity contribution is -0.147. The number of ether oxygens (including phenoxy) is 1. The molecule has 16 heavy (non-hydrogen) atoms. The van der Waals surface area contributed by atoms with Crippen molar-refractivity contribution in [3.8, 4) is 0 Å². The van der Waals surface area contributed by atoms with Crippen molar-refractivity contribution in [1.82, 2.24) is 0 Å². The summed E-state index contributed by atoms with van der Waals surface area (Å²) in [5.41, 5.74) is 0. The monoisotopic (exact) mass is 254 g/mol. The van der Waals surface area contributed by atoms with Gasteiger partial charge in [0.15, 0.2) is 0 Å². The topological polar surface area (TPSA) is 89.9 Å². The first kappa shape index (κ1) is 15.3. The Balaban J connectivity index is 3.79. The van der Waals surface area contributed by atoms with E-state index in [9.17, 15) is 18.3 Å². The van der Waals surface area contributed by atoms with Crippen molar-refractivity contribution in [2.75, 3.05) is 19.5 Å². The first-order valence-electron chi connectivity index (χ1n) is 4.89. The van der Waals surface area contributed by atoms with Crippen LogP contribution >= 0.6 is 0 Å². The smallest absolute Gasteiger partial charge is 0.308 e. The Kier molecular flexibility index (Phi) is 6.54. The van der Waals surface area contributed by atoms with Crippen molar-refractivity contribution < 1.29 is 27.2 Å². The number of hydrogen-bond donors (Lipinski definition) is 1. The fourth-order valence-electron chi connectivity index (χ4n) is 0.772. The maximum atomic E-state index is 11.1. The number of hydrogen-bond acceptors (Lipinski definition) is 6. The summed E-state index contributed by atoms with van der Waals surface area (Å²) in [7, 11) is -3.59. The average Bonchev–Trinajstić information content (AvgIpc) is 2.10. The molecule has 0 rings (SSSR count). The van der Waals surface area contributed by atoms with Crippen LogP contribution in [0.5, 0.6) is 0 Å². The molecule has 0 aliphatic rings. The zero-order valence-electron chi connectivity index (χ0n) is 9.67. The molecule has 0 aromatic rings. The van der Waals surface area contributed by atoms with Crippen LogP contribution in [-0.4, -0.2) is 45.1 Å². The third-order valence-corrected chi connectivity index (χ3v) is 2.02. The molecule has 6 nitrogen and oxygen atoms in total. The van der Waals surface area contributed by atoms with E-state index in [-0.39, 0.29) is 18.9 Å². The van der Waals surface area contributed by atoms with Crippen molar-refractivity contribution >= 4 is 16.1 Å². The van der Waals surface area contributed by atoms with Gasteiger partial charge < -0.3 is 9.84 Å². The summed E-state index contributed by atoms with van der Waals surface area (Å²) < 4.78 is 30.3. The molecule has 0 aromatic carbocycles. The molecule has 0 aromatic heterocycles. The third kappa shape index (κ3) is 9.88. The minimum atomic E-state index is -3.59. The van der Waals surface area contributed by atoms with E-state index in [4.69, 9.17) is 4.74 Å². The summed E-state index contributed by atoms with van der Waals surface area (Å²) in [6, 6.07) is 0. The zero-order valence-corrected chi connectivity index (χ0v) is 10.5. The molecule has 0 fully saturated rings. The molecular formula is C9H18O6S. The van der Waals surface area contributed by atoms with Crippen LogP contribution in [0.25, 0.3) is 0 Å². The number of carbonyl (C=O) groups is 1. The lowest BCUT2D eigenvalue weighted by Crippen LogP contribution is -2.23. The van der Waals surface area contributed by atoms with E-state index < -0.39 is 28.8 Å².